The minimum absolute atomic E-state index is 0.391. The number of benzene rings is 1. The van der Waals surface area contributed by atoms with Crippen LogP contribution in [0.4, 0.5) is 0 Å². The number of rotatable bonds is 1. The van der Waals surface area contributed by atoms with Crippen molar-refractivity contribution in [1.29, 1.82) is 0 Å². The molecule has 4 nitrogen and oxygen atoms in total. The van der Waals surface area contributed by atoms with E-state index in [1.807, 2.05) is 39.8 Å². The monoisotopic (exact) mass is 263 g/mol. The average molecular weight is 263 g/mol. The van der Waals surface area contributed by atoms with Crippen molar-refractivity contribution in [1.82, 2.24) is 0 Å². The Morgan fingerprint density at radius 3 is 2.58 bits per heavy atom. The van der Waals surface area contributed by atoms with Gasteiger partial charge >= 0.3 is 5.97 Å². The van der Waals surface area contributed by atoms with Crippen LogP contribution in [0.25, 0.3) is 0 Å². The third kappa shape index (κ3) is 2.10. The van der Waals surface area contributed by atoms with Gasteiger partial charge in [0.25, 0.3) is 0 Å². The largest absolute Gasteiger partial charge is 0.487 e. The molecule has 1 aromatic carbocycles. The van der Waals surface area contributed by atoms with Crippen LogP contribution in [0, 0.1) is 13.8 Å². The maximum Gasteiger partial charge on any atom is 0.330 e. The van der Waals surface area contributed by atoms with Gasteiger partial charge in [0.2, 0.25) is 0 Å². The molecule has 0 saturated heterocycles. The fourth-order valence-electron chi connectivity index (χ4n) is 2.72. The molecule has 1 unspecified atom stereocenters. The summed E-state index contributed by atoms with van der Waals surface area (Å²) in [5.74, 6) is 0.289. The van der Waals surface area contributed by atoms with Crippen molar-refractivity contribution in [3.63, 3.8) is 0 Å². The highest BCUT2D eigenvalue weighted by atomic mass is 16.5. The maximum atomic E-state index is 12.1. The summed E-state index contributed by atoms with van der Waals surface area (Å²) in [6, 6.07) is 3.82. The Labute approximate surface area is 113 Å². The number of nitrogens with two attached hydrogens (primary N) is 1. The number of aryl methyl sites for hydroxylation is 1. The van der Waals surface area contributed by atoms with Gasteiger partial charge in [-0.1, -0.05) is 12.1 Å². The first-order chi connectivity index (χ1) is 8.71. The van der Waals surface area contributed by atoms with Gasteiger partial charge in [0, 0.05) is 12.0 Å². The second-order valence-electron chi connectivity index (χ2n) is 5.89. The second kappa shape index (κ2) is 4.23. The van der Waals surface area contributed by atoms with Crippen molar-refractivity contribution in [2.24, 2.45) is 5.73 Å². The molecule has 0 bridgehead atoms. The highest BCUT2D eigenvalue weighted by molar-refractivity contribution is 5.84. The van der Waals surface area contributed by atoms with E-state index < -0.39 is 17.1 Å². The van der Waals surface area contributed by atoms with E-state index in [2.05, 4.69) is 0 Å². The Kier molecular flexibility index (Phi) is 3.09. The van der Waals surface area contributed by atoms with E-state index in [4.69, 9.17) is 15.2 Å². The molecule has 0 fully saturated rings. The lowest BCUT2D eigenvalue weighted by atomic mass is 9.77. The third-order valence-electron chi connectivity index (χ3n) is 3.79. The SMILES string of the molecule is COC(=O)C1(N)CC(C)(C)Oc2c1ccc(C)c2C. The first kappa shape index (κ1) is 13.9. The third-order valence-corrected chi connectivity index (χ3v) is 3.79. The van der Waals surface area contributed by atoms with E-state index in [0.29, 0.717) is 17.7 Å². The molecule has 0 aliphatic carbocycles. The van der Waals surface area contributed by atoms with E-state index in [-0.39, 0.29) is 0 Å². The molecule has 1 atom stereocenters. The fourth-order valence-corrected chi connectivity index (χ4v) is 2.72. The van der Waals surface area contributed by atoms with E-state index in [1.54, 1.807) is 0 Å². The molecule has 104 valence electrons. The standard InChI is InChI=1S/C15H21NO3/c1-9-6-7-11-12(10(9)2)19-14(3,4)8-15(11,16)13(17)18-5/h6-7H,8,16H2,1-5H3. The van der Waals surface area contributed by atoms with Crippen molar-refractivity contribution in [3.05, 3.63) is 28.8 Å². The summed E-state index contributed by atoms with van der Waals surface area (Å²) in [6.07, 6.45) is 0.391. The second-order valence-corrected chi connectivity index (χ2v) is 5.89. The van der Waals surface area contributed by atoms with Crippen LogP contribution in [-0.2, 0) is 15.1 Å². The summed E-state index contributed by atoms with van der Waals surface area (Å²) in [5.41, 5.74) is 7.55. The van der Waals surface area contributed by atoms with Crippen LogP contribution in [-0.4, -0.2) is 18.7 Å². The zero-order chi connectivity index (χ0) is 14.4. The van der Waals surface area contributed by atoms with E-state index in [1.165, 1.54) is 7.11 Å². The highest BCUT2D eigenvalue weighted by Crippen LogP contribution is 2.44. The number of esters is 1. The molecular weight excluding hydrogens is 242 g/mol. The molecule has 0 amide bonds. The summed E-state index contributed by atoms with van der Waals surface area (Å²) in [7, 11) is 1.36. The molecule has 1 aromatic rings. The molecule has 4 heteroatoms. The van der Waals surface area contributed by atoms with Crippen LogP contribution in [0.15, 0.2) is 12.1 Å². The van der Waals surface area contributed by atoms with Crippen LogP contribution < -0.4 is 10.5 Å². The Hall–Kier alpha value is -1.55. The predicted octanol–water partition coefficient (Wildman–Crippen LogP) is 2.19. The summed E-state index contributed by atoms with van der Waals surface area (Å²) >= 11 is 0. The molecule has 0 saturated carbocycles. The van der Waals surface area contributed by atoms with Crippen LogP contribution in [0.1, 0.15) is 37.0 Å². The number of methoxy groups -OCH3 is 1. The number of ether oxygens (including phenoxy) is 2. The Morgan fingerprint density at radius 2 is 2.00 bits per heavy atom. The summed E-state index contributed by atoms with van der Waals surface area (Å²) in [5, 5.41) is 0. The maximum absolute atomic E-state index is 12.1. The van der Waals surface area contributed by atoms with E-state index in [9.17, 15) is 4.79 Å². The molecule has 1 aliphatic heterocycles. The minimum atomic E-state index is -1.15. The zero-order valence-corrected chi connectivity index (χ0v) is 12.2. The number of hydrogen-bond acceptors (Lipinski definition) is 4. The van der Waals surface area contributed by atoms with Gasteiger partial charge in [0.1, 0.15) is 16.9 Å². The summed E-state index contributed by atoms with van der Waals surface area (Å²) in [6.45, 7) is 7.86. The van der Waals surface area contributed by atoms with Crippen molar-refractivity contribution >= 4 is 5.97 Å². The molecule has 19 heavy (non-hydrogen) atoms. The molecule has 2 rings (SSSR count). The van der Waals surface area contributed by atoms with E-state index in [0.717, 1.165) is 11.1 Å². The molecular formula is C15H21NO3. The lowest BCUT2D eigenvalue weighted by molar-refractivity contribution is -0.151. The lowest BCUT2D eigenvalue weighted by Crippen LogP contribution is -2.55. The molecule has 0 radical (unpaired) electrons. The lowest BCUT2D eigenvalue weighted by Gasteiger charge is -2.42. The van der Waals surface area contributed by atoms with Crippen molar-refractivity contribution in [2.75, 3.05) is 7.11 Å². The van der Waals surface area contributed by atoms with Gasteiger partial charge in [-0.3, -0.25) is 0 Å². The first-order valence-electron chi connectivity index (χ1n) is 6.38. The van der Waals surface area contributed by atoms with Gasteiger partial charge in [0.05, 0.1) is 7.11 Å². The van der Waals surface area contributed by atoms with Crippen molar-refractivity contribution in [3.8, 4) is 5.75 Å². The topological polar surface area (TPSA) is 61.5 Å². The smallest absolute Gasteiger partial charge is 0.330 e. The first-order valence-corrected chi connectivity index (χ1v) is 6.38. The van der Waals surface area contributed by atoms with Crippen LogP contribution in [0.2, 0.25) is 0 Å². The Bertz CT molecular complexity index is 536. The van der Waals surface area contributed by atoms with E-state index >= 15 is 0 Å². The van der Waals surface area contributed by atoms with Gasteiger partial charge in [0.15, 0.2) is 0 Å². The van der Waals surface area contributed by atoms with Crippen LogP contribution in [0.5, 0.6) is 5.75 Å². The minimum Gasteiger partial charge on any atom is -0.487 e. The average Bonchev–Trinajstić information content (AvgIpc) is 2.32. The molecule has 0 spiro atoms. The van der Waals surface area contributed by atoms with Gasteiger partial charge in [-0.15, -0.1) is 0 Å². The number of carbonyl (C=O) groups is 1. The fraction of sp³-hybridized carbons (Fsp3) is 0.533. The predicted molar refractivity (Wildman–Crippen MR) is 73.1 cm³/mol. The Balaban J connectivity index is 2.69. The van der Waals surface area contributed by atoms with Crippen molar-refractivity contribution in [2.45, 2.75) is 45.3 Å². The summed E-state index contributed by atoms with van der Waals surface area (Å²) in [4.78, 5) is 12.1. The number of carbonyl (C=O) groups excluding carboxylic acids is 1. The molecule has 0 aromatic heterocycles. The van der Waals surface area contributed by atoms with Gasteiger partial charge in [-0.2, -0.15) is 0 Å². The molecule has 1 aliphatic rings. The van der Waals surface area contributed by atoms with Crippen LogP contribution in [0.3, 0.4) is 0 Å². The molecule has 2 N–H and O–H groups in total. The Morgan fingerprint density at radius 1 is 1.37 bits per heavy atom. The quantitative estimate of drug-likeness (QED) is 0.789. The van der Waals surface area contributed by atoms with Gasteiger partial charge in [-0.05, 0) is 38.8 Å². The number of hydrogen-bond donors (Lipinski definition) is 1. The van der Waals surface area contributed by atoms with Crippen molar-refractivity contribution < 1.29 is 14.3 Å². The summed E-state index contributed by atoms with van der Waals surface area (Å²) < 4.78 is 10.9. The van der Waals surface area contributed by atoms with Gasteiger partial charge < -0.3 is 15.2 Å². The normalized spacial score (nSPS) is 24.3. The highest BCUT2D eigenvalue weighted by Gasteiger charge is 2.49. The number of fused-ring (bicyclic) bond motifs is 1. The van der Waals surface area contributed by atoms with Crippen LogP contribution >= 0.6 is 0 Å². The zero-order valence-electron chi connectivity index (χ0n) is 12.2. The molecule has 1 heterocycles. The van der Waals surface area contributed by atoms with Gasteiger partial charge in [-0.25, -0.2) is 4.79 Å².